The molecule has 0 aliphatic carbocycles. The van der Waals surface area contributed by atoms with Crippen molar-refractivity contribution < 1.29 is 23.4 Å². The molecule has 0 bridgehead atoms. The molecule has 0 aliphatic rings. The molecule has 15 heavy (non-hydrogen) atoms. The molecule has 0 radical (unpaired) electrons. The van der Waals surface area contributed by atoms with Gasteiger partial charge in [-0.25, -0.2) is 0 Å². The fourth-order valence-corrected chi connectivity index (χ4v) is 1.45. The second-order valence-corrected chi connectivity index (χ2v) is 3.33. The van der Waals surface area contributed by atoms with Gasteiger partial charge in [-0.15, -0.1) is 0 Å². The minimum atomic E-state index is -4.54. The van der Waals surface area contributed by atoms with E-state index in [2.05, 4.69) is 0 Å². The van der Waals surface area contributed by atoms with E-state index in [-0.39, 0.29) is 23.6 Å². The Balaban J connectivity index is 3.19. The second-order valence-electron chi connectivity index (χ2n) is 2.93. The molecule has 0 unspecified atom stereocenters. The zero-order valence-corrected chi connectivity index (χ0v) is 8.23. The van der Waals surface area contributed by atoms with Crippen LogP contribution in [-0.4, -0.2) is 16.8 Å². The first kappa shape index (κ1) is 12.1. The third kappa shape index (κ3) is 2.76. The Morgan fingerprint density at radius 2 is 1.87 bits per heavy atom. The summed E-state index contributed by atoms with van der Waals surface area (Å²) >= 11 is 5.55. The van der Waals surface area contributed by atoms with E-state index < -0.39 is 17.5 Å². The molecular weight excluding hydrogens is 233 g/mol. The van der Waals surface area contributed by atoms with E-state index in [1.54, 1.807) is 0 Å². The second kappa shape index (κ2) is 4.28. The summed E-state index contributed by atoms with van der Waals surface area (Å²) in [6.45, 7) is -0.293. The number of benzene rings is 1. The lowest BCUT2D eigenvalue weighted by Gasteiger charge is -2.11. The van der Waals surface area contributed by atoms with Crippen LogP contribution >= 0.6 is 11.6 Å². The smallest absolute Gasteiger partial charge is 0.416 e. The normalized spacial score (nSPS) is 11.8. The van der Waals surface area contributed by atoms with Gasteiger partial charge in [0.05, 0.1) is 5.56 Å². The Bertz CT molecular complexity index is 340. The molecule has 0 amide bonds. The number of alkyl halides is 3. The maximum Gasteiger partial charge on any atom is 0.416 e. The molecule has 1 aromatic carbocycles. The summed E-state index contributed by atoms with van der Waals surface area (Å²) in [7, 11) is 0. The van der Waals surface area contributed by atoms with Gasteiger partial charge in [0.25, 0.3) is 0 Å². The summed E-state index contributed by atoms with van der Waals surface area (Å²) in [5, 5.41) is 17.7. The molecule has 1 rings (SSSR count). The third-order valence-corrected chi connectivity index (χ3v) is 2.20. The largest absolute Gasteiger partial charge is 0.508 e. The van der Waals surface area contributed by atoms with E-state index in [9.17, 15) is 18.3 Å². The van der Waals surface area contributed by atoms with Crippen LogP contribution in [0.3, 0.4) is 0 Å². The van der Waals surface area contributed by atoms with Crippen LogP contribution < -0.4 is 0 Å². The number of rotatable bonds is 2. The molecule has 0 heterocycles. The minimum absolute atomic E-state index is 0.0167. The summed E-state index contributed by atoms with van der Waals surface area (Å²) < 4.78 is 36.7. The molecule has 2 N–H and O–H groups in total. The molecule has 6 heteroatoms. The van der Waals surface area contributed by atoms with Gasteiger partial charge in [0.15, 0.2) is 0 Å². The predicted molar refractivity (Wildman–Crippen MR) is 48.9 cm³/mol. The van der Waals surface area contributed by atoms with Crippen molar-refractivity contribution in [2.24, 2.45) is 0 Å². The van der Waals surface area contributed by atoms with Crippen LogP contribution in [0.25, 0.3) is 0 Å². The topological polar surface area (TPSA) is 40.5 Å². The van der Waals surface area contributed by atoms with Crippen molar-refractivity contribution in [1.29, 1.82) is 0 Å². The van der Waals surface area contributed by atoms with E-state index in [0.29, 0.717) is 6.07 Å². The van der Waals surface area contributed by atoms with Gasteiger partial charge in [-0.1, -0.05) is 11.6 Å². The third-order valence-electron chi connectivity index (χ3n) is 1.86. The summed E-state index contributed by atoms with van der Waals surface area (Å²) in [5.74, 6) is -0.552. The van der Waals surface area contributed by atoms with Gasteiger partial charge in [-0.2, -0.15) is 13.2 Å². The number of phenols is 1. The van der Waals surface area contributed by atoms with Gasteiger partial charge in [0.2, 0.25) is 0 Å². The molecule has 0 atom stereocenters. The van der Waals surface area contributed by atoms with E-state index in [0.717, 1.165) is 6.07 Å². The quantitative estimate of drug-likeness (QED) is 0.834. The van der Waals surface area contributed by atoms with E-state index >= 15 is 0 Å². The van der Waals surface area contributed by atoms with Crippen LogP contribution in [0.2, 0.25) is 5.02 Å². The Hall–Kier alpha value is -0.940. The zero-order chi connectivity index (χ0) is 11.6. The lowest BCUT2D eigenvalue weighted by atomic mass is 10.1. The highest BCUT2D eigenvalue weighted by Crippen LogP contribution is 2.36. The van der Waals surface area contributed by atoms with E-state index in [4.69, 9.17) is 16.7 Å². The molecular formula is C9H8ClF3O2. The molecule has 0 saturated carbocycles. The molecule has 0 aromatic heterocycles. The van der Waals surface area contributed by atoms with Crippen molar-refractivity contribution in [2.75, 3.05) is 6.61 Å². The number of phenolic OH excluding ortho intramolecular Hbond substituents is 1. The summed E-state index contributed by atoms with van der Waals surface area (Å²) in [4.78, 5) is 0. The van der Waals surface area contributed by atoms with Gasteiger partial charge in [0, 0.05) is 23.6 Å². The van der Waals surface area contributed by atoms with E-state index in [1.807, 2.05) is 0 Å². The van der Waals surface area contributed by atoms with Crippen LogP contribution in [0.15, 0.2) is 12.1 Å². The first-order valence-corrected chi connectivity index (χ1v) is 4.43. The summed E-state index contributed by atoms with van der Waals surface area (Å²) in [6, 6.07) is 1.32. The van der Waals surface area contributed by atoms with Crippen molar-refractivity contribution in [1.82, 2.24) is 0 Å². The maximum absolute atomic E-state index is 12.2. The first-order valence-electron chi connectivity index (χ1n) is 4.05. The fourth-order valence-electron chi connectivity index (χ4n) is 1.15. The van der Waals surface area contributed by atoms with Crippen LogP contribution in [0, 0.1) is 0 Å². The van der Waals surface area contributed by atoms with Gasteiger partial charge >= 0.3 is 6.18 Å². The van der Waals surface area contributed by atoms with Crippen LogP contribution in [0.4, 0.5) is 13.2 Å². The zero-order valence-electron chi connectivity index (χ0n) is 7.48. The van der Waals surface area contributed by atoms with Crippen LogP contribution in [0.1, 0.15) is 11.1 Å². The number of hydrogen-bond acceptors (Lipinski definition) is 2. The van der Waals surface area contributed by atoms with Crippen molar-refractivity contribution in [2.45, 2.75) is 12.6 Å². The molecule has 0 fully saturated rings. The number of hydrogen-bond donors (Lipinski definition) is 2. The highest BCUT2D eigenvalue weighted by Gasteiger charge is 2.32. The fraction of sp³-hybridized carbons (Fsp3) is 0.333. The minimum Gasteiger partial charge on any atom is -0.508 e. The Morgan fingerprint density at radius 1 is 1.27 bits per heavy atom. The molecule has 0 saturated heterocycles. The highest BCUT2D eigenvalue weighted by molar-refractivity contribution is 6.31. The van der Waals surface area contributed by atoms with Gasteiger partial charge in [-0.3, -0.25) is 0 Å². The number of aliphatic hydroxyl groups is 1. The average molecular weight is 241 g/mol. The average Bonchev–Trinajstić information content (AvgIpc) is 2.09. The highest BCUT2D eigenvalue weighted by atomic mass is 35.5. The molecule has 1 aromatic rings. The Kier molecular flexibility index (Phi) is 3.46. The molecule has 0 aliphatic heterocycles. The first-order chi connectivity index (χ1) is 6.86. The van der Waals surface area contributed by atoms with Gasteiger partial charge < -0.3 is 10.2 Å². The molecule has 84 valence electrons. The van der Waals surface area contributed by atoms with Crippen molar-refractivity contribution in [3.8, 4) is 5.75 Å². The van der Waals surface area contributed by atoms with Crippen molar-refractivity contribution in [3.63, 3.8) is 0 Å². The Morgan fingerprint density at radius 3 is 2.27 bits per heavy atom. The van der Waals surface area contributed by atoms with Crippen molar-refractivity contribution in [3.05, 3.63) is 28.3 Å². The predicted octanol–water partition coefficient (Wildman–Crippen LogP) is 2.60. The maximum atomic E-state index is 12.2. The number of aliphatic hydroxyl groups excluding tert-OH is 1. The van der Waals surface area contributed by atoms with Crippen LogP contribution in [-0.2, 0) is 12.6 Å². The standard InChI is InChI=1S/C9H8ClF3O2/c10-7-3-5(9(11,12)13)4-8(15)6(7)1-2-14/h3-4,14-15H,1-2H2. The number of aromatic hydroxyl groups is 1. The lowest BCUT2D eigenvalue weighted by molar-refractivity contribution is -0.137. The van der Waals surface area contributed by atoms with Crippen molar-refractivity contribution >= 4 is 11.6 Å². The van der Waals surface area contributed by atoms with E-state index in [1.165, 1.54) is 0 Å². The summed E-state index contributed by atoms with van der Waals surface area (Å²) in [5.41, 5.74) is -0.890. The van der Waals surface area contributed by atoms with Gasteiger partial charge in [-0.05, 0) is 12.1 Å². The molecule has 0 spiro atoms. The molecule has 2 nitrogen and oxygen atoms in total. The Labute approximate surface area is 88.9 Å². The lowest BCUT2D eigenvalue weighted by Crippen LogP contribution is -2.05. The monoisotopic (exact) mass is 240 g/mol. The van der Waals surface area contributed by atoms with Crippen LogP contribution in [0.5, 0.6) is 5.75 Å². The number of halogens is 4. The SMILES string of the molecule is OCCc1c(O)cc(C(F)(F)F)cc1Cl. The van der Waals surface area contributed by atoms with Gasteiger partial charge in [0.1, 0.15) is 5.75 Å². The summed E-state index contributed by atoms with van der Waals surface area (Å²) in [6.07, 6.45) is -4.53.